The molecule has 0 bridgehead atoms. The summed E-state index contributed by atoms with van der Waals surface area (Å²) >= 11 is 5.25. The molecule has 0 radical (unpaired) electrons. The first-order chi connectivity index (χ1) is 9.25. The number of aliphatic hydroxyl groups is 1. The molecule has 19 heavy (non-hydrogen) atoms. The van der Waals surface area contributed by atoms with Crippen molar-refractivity contribution in [2.45, 2.75) is 37.9 Å². The predicted octanol–water partition coefficient (Wildman–Crippen LogP) is 4.66. The van der Waals surface area contributed by atoms with E-state index in [1.54, 1.807) is 11.3 Å². The van der Waals surface area contributed by atoms with Crippen LogP contribution in [0, 0.1) is 0 Å². The highest BCUT2D eigenvalue weighted by Crippen LogP contribution is 2.36. The van der Waals surface area contributed by atoms with Crippen molar-refractivity contribution in [3.63, 3.8) is 0 Å². The monoisotopic (exact) mass is 340 g/mol. The van der Waals surface area contributed by atoms with Crippen LogP contribution in [0.2, 0.25) is 0 Å². The minimum atomic E-state index is -0.382. The summed E-state index contributed by atoms with van der Waals surface area (Å²) in [5.74, 6) is 0. The fourth-order valence-electron chi connectivity index (χ4n) is 2.67. The second-order valence-electron chi connectivity index (χ2n) is 5.04. The van der Waals surface area contributed by atoms with Crippen LogP contribution in [-0.2, 0) is 4.74 Å². The van der Waals surface area contributed by atoms with Crippen LogP contribution in [0.3, 0.4) is 0 Å². The Kier molecular flexibility index (Phi) is 4.22. The van der Waals surface area contributed by atoms with Crippen LogP contribution in [0.1, 0.15) is 37.4 Å². The average molecular weight is 341 g/mol. The highest BCUT2D eigenvalue weighted by atomic mass is 79.9. The molecule has 1 aliphatic rings. The molecule has 1 saturated heterocycles. The standard InChI is InChI=1S/C15H17BrO2S/c16-13-5-1-4-11-12(9-19-15(11)13)14(17)7-6-10-3-2-8-18-10/h1,4-5,9-10,14,17H,2-3,6-8H2. The van der Waals surface area contributed by atoms with Gasteiger partial charge in [-0.1, -0.05) is 12.1 Å². The molecule has 2 aromatic rings. The number of benzene rings is 1. The molecule has 1 aromatic heterocycles. The summed E-state index contributed by atoms with van der Waals surface area (Å²) in [5, 5.41) is 13.6. The molecular formula is C15H17BrO2S. The molecule has 0 spiro atoms. The van der Waals surface area contributed by atoms with Gasteiger partial charge in [-0.2, -0.15) is 0 Å². The molecule has 1 N–H and O–H groups in total. The molecule has 1 fully saturated rings. The second-order valence-corrected chi connectivity index (χ2v) is 6.77. The van der Waals surface area contributed by atoms with E-state index in [0.29, 0.717) is 6.10 Å². The van der Waals surface area contributed by atoms with Crippen molar-refractivity contribution in [3.05, 3.63) is 33.6 Å². The van der Waals surface area contributed by atoms with Gasteiger partial charge in [-0.05, 0) is 64.0 Å². The molecule has 3 rings (SSSR count). The van der Waals surface area contributed by atoms with E-state index in [2.05, 4.69) is 27.4 Å². The van der Waals surface area contributed by atoms with Crippen LogP contribution in [0.5, 0.6) is 0 Å². The lowest BCUT2D eigenvalue weighted by Crippen LogP contribution is -2.07. The van der Waals surface area contributed by atoms with Gasteiger partial charge in [0, 0.05) is 15.8 Å². The third-order valence-corrected chi connectivity index (χ3v) is 5.70. The Hall–Kier alpha value is -0.420. The predicted molar refractivity (Wildman–Crippen MR) is 82.7 cm³/mol. The van der Waals surface area contributed by atoms with Crippen LogP contribution >= 0.6 is 27.3 Å². The number of aliphatic hydroxyl groups excluding tert-OH is 1. The molecule has 4 heteroatoms. The zero-order valence-corrected chi connectivity index (χ0v) is 13.0. The van der Waals surface area contributed by atoms with Gasteiger partial charge >= 0.3 is 0 Å². The van der Waals surface area contributed by atoms with Crippen molar-refractivity contribution in [1.82, 2.24) is 0 Å². The Morgan fingerprint density at radius 2 is 2.37 bits per heavy atom. The Morgan fingerprint density at radius 3 is 3.16 bits per heavy atom. The summed E-state index contributed by atoms with van der Waals surface area (Å²) in [7, 11) is 0. The van der Waals surface area contributed by atoms with Gasteiger partial charge in [0.1, 0.15) is 0 Å². The van der Waals surface area contributed by atoms with Gasteiger partial charge in [0.2, 0.25) is 0 Å². The fourth-order valence-corrected chi connectivity index (χ4v) is 4.34. The van der Waals surface area contributed by atoms with Gasteiger partial charge in [-0.3, -0.25) is 0 Å². The number of ether oxygens (including phenoxy) is 1. The fraction of sp³-hybridized carbons (Fsp3) is 0.467. The van der Waals surface area contributed by atoms with Gasteiger partial charge in [0.15, 0.2) is 0 Å². The first-order valence-electron chi connectivity index (χ1n) is 6.71. The molecule has 1 aliphatic heterocycles. The van der Waals surface area contributed by atoms with Crippen molar-refractivity contribution < 1.29 is 9.84 Å². The average Bonchev–Trinajstić information content (AvgIpc) is 3.06. The highest BCUT2D eigenvalue weighted by Gasteiger charge is 2.19. The van der Waals surface area contributed by atoms with E-state index in [4.69, 9.17) is 4.74 Å². The number of hydrogen-bond acceptors (Lipinski definition) is 3. The first kappa shape index (κ1) is 13.6. The quantitative estimate of drug-likeness (QED) is 0.877. The highest BCUT2D eigenvalue weighted by molar-refractivity contribution is 9.10. The van der Waals surface area contributed by atoms with E-state index in [1.807, 2.05) is 12.1 Å². The molecule has 2 nitrogen and oxygen atoms in total. The Bertz CT molecular complexity index is 560. The smallest absolute Gasteiger partial charge is 0.0805 e. The van der Waals surface area contributed by atoms with E-state index in [9.17, 15) is 5.11 Å². The van der Waals surface area contributed by atoms with Gasteiger partial charge in [0.05, 0.1) is 12.2 Å². The summed E-state index contributed by atoms with van der Waals surface area (Å²) < 4.78 is 7.93. The third-order valence-electron chi connectivity index (χ3n) is 3.73. The van der Waals surface area contributed by atoms with Crippen molar-refractivity contribution in [2.24, 2.45) is 0 Å². The van der Waals surface area contributed by atoms with E-state index in [1.165, 1.54) is 10.1 Å². The maximum atomic E-state index is 10.4. The number of thiophene rings is 1. The molecule has 0 amide bonds. The normalized spacial score (nSPS) is 21.1. The molecule has 2 heterocycles. The number of rotatable bonds is 4. The molecule has 1 aromatic carbocycles. The lowest BCUT2D eigenvalue weighted by molar-refractivity contribution is 0.0816. The summed E-state index contributed by atoms with van der Waals surface area (Å²) in [6.07, 6.45) is 4.01. The van der Waals surface area contributed by atoms with Gasteiger partial charge < -0.3 is 9.84 Å². The maximum absolute atomic E-state index is 10.4. The van der Waals surface area contributed by atoms with Crippen molar-refractivity contribution in [3.8, 4) is 0 Å². The molecule has 0 saturated carbocycles. The Balaban J connectivity index is 1.74. The van der Waals surface area contributed by atoms with Crippen LogP contribution in [0.4, 0.5) is 0 Å². The zero-order chi connectivity index (χ0) is 13.2. The molecule has 102 valence electrons. The SMILES string of the molecule is OC(CCC1CCCO1)c1csc2c(Br)cccc12. The van der Waals surface area contributed by atoms with Crippen LogP contribution < -0.4 is 0 Å². The van der Waals surface area contributed by atoms with Gasteiger partial charge in [-0.25, -0.2) is 0 Å². The van der Waals surface area contributed by atoms with Crippen molar-refractivity contribution in [2.75, 3.05) is 6.61 Å². The summed E-state index contributed by atoms with van der Waals surface area (Å²) in [6, 6.07) is 6.15. The molecule has 2 atom stereocenters. The van der Waals surface area contributed by atoms with Crippen LogP contribution in [0.25, 0.3) is 10.1 Å². The van der Waals surface area contributed by atoms with E-state index in [-0.39, 0.29) is 6.10 Å². The topological polar surface area (TPSA) is 29.5 Å². The van der Waals surface area contributed by atoms with Gasteiger partial charge in [0.25, 0.3) is 0 Å². The second kappa shape index (κ2) is 5.92. The maximum Gasteiger partial charge on any atom is 0.0805 e. The summed E-state index contributed by atoms with van der Waals surface area (Å²) in [6.45, 7) is 0.884. The number of hydrogen-bond donors (Lipinski definition) is 1. The molecule has 2 unspecified atom stereocenters. The summed E-state index contributed by atoms with van der Waals surface area (Å²) in [4.78, 5) is 0. The summed E-state index contributed by atoms with van der Waals surface area (Å²) in [5.41, 5.74) is 1.05. The van der Waals surface area contributed by atoms with E-state index < -0.39 is 0 Å². The van der Waals surface area contributed by atoms with E-state index >= 15 is 0 Å². The first-order valence-corrected chi connectivity index (χ1v) is 8.38. The lowest BCUT2D eigenvalue weighted by atomic mass is 10.0. The third kappa shape index (κ3) is 2.87. The van der Waals surface area contributed by atoms with Crippen LogP contribution in [0.15, 0.2) is 28.1 Å². The Labute approximate surface area is 125 Å². The van der Waals surface area contributed by atoms with Crippen molar-refractivity contribution >= 4 is 37.4 Å². The number of fused-ring (bicyclic) bond motifs is 1. The Morgan fingerprint density at radius 1 is 1.47 bits per heavy atom. The minimum Gasteiger partial charge on any atom is -0.388 e. The zero-order valence-electron chi connectivity index (χ0n) is 10.6. The van der Waals surface area contributed by atoms with E-state index in [0.717, 1.165) is 42.3 Å². The molecular weight excluding hydrogens is 324 g/mol. The largest absolute Gasteiger partial charge is 0.388 e. The molecule has 0 aliphatic carbocycles. The van der Waals surface area contributed by atoms with Crippen molar-refractivity contribution in [1.29, 1.82) is 0 Å². The number of halogens is 1. The van der Waals surface area contributed by atoms with Gasteiger partial charge in [-0.15, -0.1) is 11.3 Å². The minimum absolute atomic E-state index is 0.353. The lowest BCUT2D eigenvalue weighted by Gasteiger charge is -2.13. The van der Waals surface area contributed by atoms with Crippen LogP contribution in [-0.4, -0.2) is 17.8 Å².